The predicted octanol–water partition coefficient (Wildman–Crippen LogP) is 3.23. The van der Waals surface area contributed by atoms with Crippen LogP contribution in [-0.2, 0) is 18.7 Å². The van der Waals surface area contributed by atoms with Crippen LogP contribution in [0.4, 0.5) is 0 Å². The first-order valence-electron chi connectivity index (χ1n) is 5.85. The highest BCUT2D eigenvalue weighted by Gasteiger charge is 2.08. The third-order valence-electron chi connectivity index (χ3n) is 2.72. The molecule has 0 aliphatic heterocycles. The van der Waals surface area contributed by atoms with E-state index >= 15 is 0 Å². The molecule has 0 atom stereocenters. The van der Waals surface area contributed by atoms with Gasteiger partial charge in [0.05, 0.1) is 23.5 Å². The molecule has 0 aliphatic rings. The summed E-state index contributed by atoms with van der Waals surface area (Å²) in [4.78, 5) is 4.35. The van der Waals surface area contributed by atoms with Crippen LogP contribution < -0.4 is 0 Å². The number of imidazole rings is 1. The average Bonchev–Trinajstić information content (AvgIpc) is 2.93. The van der Waals surface area contributed by atoms with Crippen molar-refractivity contribution in [2.24, 2.45) is 7.05 Å². The van der Waals surface area contributed by atoms with Gasteiger partial charge in [-0.3, -0.25) is 4.68 Å². The Hall–Kier alpha value is -0.940. The summed E-state index contributed by atoms with van der Waals surface area (Å²) in [5, 5.41) is 5.49. The molecule has 6 heteroatoms. The molecule has 0 N–H and O–H groups in total. The number of nitrogens with zero attached hydrogens (tertiary/aromatic N) is 4. The van der Waals surface area contributed by atoms with Crippen molar-refractivity contribution < 1.29 is 0 Å². The zero-order chi connectivity index (χ0) is 13.1. The maximum absolute atomic E-state index is 5.82. The average molecular weight is 285 g/mol. The van der Waals surface area contributed by atoms with Gasteiger partial charge in [-0.2, -0.15) is 5.10 Å². The second kappa shape index (κ2) is 5.80. The summed E-state index contributed by atoms with van der Waals surface area (Å²) in [7, 11) is 1.99. The molecule has 0 saturated heterocycles. The molecule has 0 unspecified atom stereocenters. The lowest BCUT2D eigenvalue weighted by atomic mass is 10.4. The van der Waals surface area contributed by atoms with Gasteiger partial charge in [-0.1, -0.05) is 11.8 Å². The van der Waals surface area contributed by atoms with E-state index in [-0.39, 0.29) is 0 Å². The summed E-state index contributed by atoms with van der Waals surface area (Å²) in [6, 6.07) is 2.46. The van der Waals surface area contributed by atoms with E-state index < -0.39 is 0 Å². The summed E-state index contributed by atoms with van der Waals surface area (Å²) in [5.74, 6) is 1.32. The molecule has 4 nitrogen and oxygen atoms in total. The van der Waals surface area contributed by atoms with Crippen LogP contribution >= 0.6 is 23.4 Å². The van der Waals surface area contributed by atoms with Gasteiger partial charge in [0.2, 0.25) is 0 Å². The second-order valence-corrected chi connectivity index (χ2v) is 5.60. The molecule has 0 radical (unpaired) electrons. The smallest absolute Gasteiger partial charge is 0.168 e. The quantitative estimate of drug-likeness (QED) is 0.625. The van der Waals surface area contributed by atoms with Gasteiger partial charge in [0, 0.05) is 25.0 Å². The molecular weight excluding hydrogens is 268 g/mol. The van der Waals surface area contributed by atoms with Gasteiger partial charge in [-0.25, -0.2) is 4.98 Å². The fourth-order valence-electron chi connectivity index (χ4n) is 1.56. The third-order valence-corrected chi connectivity index (χ3v) is 4.07. The molecular formula is C12H17ClN4S. The van der Waals surface area contributed by atoms with Crippen LogP contribution in [0.3, 0.4) is 0 Å². The molecule has 2 rings (SSSR count). The number of hydrogen-bond donors (Lipinski definition) is 0. The highest BCUT2D eigenvalue weighted by molar-refractivity contribution is 7.98. The van der Waals surface area contributed by atoms with Crippen molar-refractivity contribution in [2.45, 2.75) is 36.7 Å². The van der Waals surface area contributed by atoms with Gasteiger partial charge in [-0.05, 0) is 19.9 Å². The lowest BCUT2D eigenvalue weighted by Crippen LogP contribution is -2.01. The molecule has 0 aliphatic carbocycles. The first kappa shape index (κ1) is 13.5. The minimum atomic E-state index is 0.403. The molecule has 2 heterocycles. The lowest BCUT2D eigenvalue weighted by Gasteiger charge is -2.04. The number of hydrogen-bond acceptors (Lipinski definition) is 3. The van der Waals surface area contributed by atoms with E-state index in [4.69, 9.17) is 11.6 Å². The van der Waals surface area contributed by atoms with Crippen LogP contribution in [0.15, 0.2) is 23.6 Å². The fourth-order valence-corrected chi connectivity index (χ4v) is 2.68. The molecule has 0 aromatic carbocycles. The Bertz CT molecular complexity index is 518. The van der Waals surface area contributed by atoms with Gasteiger partial charge < -0.3 is 4.57 Å². The topological polar surface area (TPSA) is 35.6 Å². The normalized spacial score (nSPS) is 11.4. The van der Waals surface area contributed by atoms with Crippen LogP contribution in [0, 0.1) is 0 Å². The van der Waals surface area contributed by atoms with E-state index in [0.29, 0.717) is 11.9 Å². The molecule has 0 fully saturated rings. The van der Waals surface area contributed by atoms with Crippen molar-refractivity contribution >= 4 is 23.4 Å². The Morgan fingerprint density at radius 2 is 2.22 bits per heavy atom. The minimum absolute atomic E-state index is 0.403. The lowest BCUT2D eigenvalue weighted by molar-refractivity contribution is 0.528. The SMILES string of the molecule is CC(C)n1ccc(CSc2ncc(CCl)n2C)n1. The summed E-state index contributed by atoms with van der Waals surface area (Å²) in [6.45, 7) is 4.24. The first-order valence-corrected chi connectivity index (χ1v) is 7.37. The van der Waals surface area contributed by atoms with E-state index in [1.54, 1.807) is 11.8 Å². The van der Waals surface area contributed by atoms with Crippen molar-refractivity contribution in [3.63, 3.8) is 0 Å². The predicted molar refractivity (Wildman–Crippen MR) is 74.9 cm³/mol. The van der Waals surface area contributed by atoms with E-state index in [0.717, 1.165) is 22.3 Å². The number of aromatic nitrogens is 4. The van der Waals surface area contributed by atoms with Gasteiger partial charge in [0.1, 0.15) is 0 Å². The number of thioether (sulfide) groups is 1. The van der Waals surface area contributed by atoms with Crippen LogP contribution in [0.2, 0.25) is 0 Å². The maximum Gasteiger partial charge on any atom is 0.168 e. The molecule has 0 saturated carbocycles. The Labute approximate surface area is 116 Å². The first-order chi connectivity index (χ1) is 8.61. The van der Waals surface area contributed by atoms with Crippen LogP contribution in [0.1, 0.15) is 31.3 Å². The van der Waals surface area contributed by atoms with E-state index in [9.17, 15) is 0 Å². The van der Waals surface area contributed by atoms with Crippen LogP contribution in [0.5, 0.6) is 0 Å². The minimum Gasteiger partial charge on any atom is -0.325 e. The highest BCUT2D eigenvalue weighted by Crippen LogP contribution is 2.22. The van der Waals surface area contributed by atoms with Crippen molar-refractivity contribution in [3.05, 3.63) is 29.8 Å². The van der Waals surface area contributed by atoms with Crippen molar-refractivity contribution in [1.82, 2.24) is 19.3 Å². The molecule has 2 aromatic rings. The zero-order valence-corrected chi connectivity index (χ0v) is 12.4. The van der Waals surface area contributed by atoms with Crippen molar-refractivity contribution in [3.8, 4) is 0 Å². The van der Waals surface area contributed by atoms with Crippen LogP contribution in [0.25, 0.3) is 0 Å². The summed E-state index contributed by atoms with van der Waals surface area (Å²) in [5.41, 5.74) is 2.11. The van der Waals surface area contributed by atoms with E-state index in [1.165, 1.54) is 0 Å². The van der Waals surface area contributed by atoms with Crippen LogP contribution in [-0.4, -0.2) is 19.3 Å². The Balaban J connectivity index is 2.00. The number of rotatable bonds is 5. The van der Waals surface area contributed by atoms with Crippen molar-refractivity contribution in [1.29, 1.82) is 0 Å². The van der Waals surface area contributed by atoms with E-state index in [1.807, 2.05) is 28.7 Å². The van der Waals surface area contributed by atoms with Crippen molar-refractivity contribution in [2.75, 3.05) is 0 Å². The Morgan fingerprint density at radius 3 is 2.78 bits per heavy atom. The summed E-state index contributed by atoms with van der Waals surface area (Å²) < 4.78 is 4.00. The standard InChI is InChI=1S/C12H17ClN4S/c1-9(2)17-5-4-10(15-17)8-18-12-14-7-11(6-13)16(12)3/h4-5,7,9H,6,8H2,1-3H3. The molecule has 98 valence electrons. The maximum atomic E-state index is 5.82. The Morgan fingerprint density at radius 1 is 1.44 bits per heavy atom. The summed E-state index contributed by atoms with van der Waals surface area (Å²) >= 11 is 7.49. The van der Waals surface area contributed by atoms with Gasteiger partial charge in [-0.15, -0.1) is 11.6 Å². The Kier molecular flexibility index (Phi) is 4.35. The van der Waals surface area contributed by atoms with E-state index in [2.05, 4.69) is 30.0 Å². The molecule has 0 spiro atoms. The molecule has 2 aromatic heterocycles. The molecule has 0 bridgehead atoms. The summed E-state index contributed by atoms with van der Waals surface area (Å²) in [6.07, 6.45) is 3.84. The van der Waals surface area contributed by atoms with Gasteiger partial charge >= 0.3 is 0 Å². The fraction of sp³-hybridized carbons (Fsp3) is 0.500. The monoisotopic (exact) mass is 284 g/mol. The molecule has 0 amide bonds. The third kappa shape index (κ3) is 2.90. The largest absolute Gasteiger partial charge is 0.325 e. The van der Waals surface area contributed by atoms with Gasteiger partial charge in [0.25, 0.3) is 0 Å². The molecule has 18 heavy (non-hydrogen) atoms. The zero-order valence-electron chi connectivity index (χ0n) is 10.8. The number of halogens is 1. The highest BCUT2D eigenvalue weighted by atomic mass is 35.5. The van der Waals surface area contributed by atoms with Gasteiger partial charge in [0.15, 0.2) is 5.16 Å². The second-order valence-electron chi connectivity index (χ2n) is 4.39. The number of alkyl halides is 1.